The Labute approximate surface area is 186 Å². The van der Waals surface area contributed by atoms with Gasteiger partial charge in [-0.05, 0) is 53.6 Å². The number of benzene rings is 2. The van der Waals surface area contributed by atoms with Gasteiger partial charge < -0.3 is 9.64 Å². The second kappa shape index (κ2) is 9.86. The lowest BCUT2D eigenvalue weighted by Gasteiger charge is -2.29. The number of nitrogens with zero attached hydrogens (tertiary/aromatic N) is 1. The highest BCUT2D eigenvalue weighted by Gasteiger charge is 2.35. The van der Waals surface area contributed by atoms with Crippen LogP contribution in [0, 0.1) is 5.92 Å². The molecule has 1 heterocycles. The summed E-state index contributed by atoms with van der Waals surface area (Å²) in [4.78, 5) is 15.1. The largest absolute Gasteiger partial charge is 0.493 e. The van der Waals surface area contributed by atoms with E-state index >= 15 is 0 Å². The minimum Gasteiger partial charge on any atom is -0.493 e. The molecule has 0 aromatic heterocycles. The van der Waals surface area contributed by atoms with Crippen molar-refractivity contribution in [1.29, 1.82) is 0 Å². The van der Waals surface area contributed by atoms with Crippen LogP contribution in [-0.4, -0.2) is 43.4 Å². The van der Waals surface area contributed by atoms with E-state index in [-0.39, 0.29) is 23.5 Å². The van der Waals surface area contributed by atoms with E-state index in [4.69, 9.17) is 4.74 Å². The molecule has 0 spiro atoms. The van der Waals surface area contributed by atoms with Gasteiger partial charge in [0.25, 0.3) is 5.91 Å². The maximum absolute atomic E-state index is 13.4. The number of carbonyl (C=O) groups is 1. The molecule has 1 atom stereocenters. The highest BCUT2D eigenvalue weighted by Crippen LogP contribution is 2.24. The van der Waals surface area contributed by atoms with Gasteiger partial charge in [-0.3, -0.25) is 4.79 Å². The van der Waals surface area contributed by atoms with Crippen molar-refractivity contribution in [2.45, 2.75) is 52.6 Å². The number of hydrogen-bond donors (Lipinski definition) is 0. The normalized spacial score (nSPS) is 17.8. The summed E-state index contributed by atoms with van der Waals surface area (Å²) in [6.45, 7) is 9.46. The first-order chi connectivity index (χ1) is 14.6. The molecule has 5 nitrogen and oxygen atoms in total. The van der Waals surface area contributed by atoms with E-state index < -0.39 is 9.84 Å². The first-order valence-electron chi connectivity index (χ1n) is 11.0. The summed E-state index contributed by atoms with van der Waals surface area (Å²) in [5, 5.41) is 0. The standard InChI is InChI=1S/C25H33NO4S/c1-18(2)16-30-24-11-9-22(10-12-24)25(27)26(23-13-14-31(28,29)17-23)15-20-5-7-21(8-6-20)19(3)4/h5-12,18-19,23H,13-17H2,1-4H3/t23-/m1/s1. The number of amides is 1. The molecule has 1 aliphatic rings. The molecule has 3 rings (SSSR count). The van der Waals surface area contributed by atoms with Crippen molar-refractivity contribution in [2.24, 2.45) is 5.92 Å². The zero-order valence-corrected chi connectivity index (χ0v) is 19.7. The van der Waals surface area contributed by atoms with Gasteiger partial charge in [0.05, 0.1) is 18.1 Å². The molecule has 168 valence electrons. The van der Waals surface area contributed by atoms with Crippen LogP contribution in [-0.2, 0) is 16.4 Å². The van der Waals surface area contributed by atoms with E-state index in [1.165, 1.54) is 5.56 Å². The van der Waals surface area contributed by atoms with E-state index in [1.807, 2.05) is 12.1 Å². The molecule has 0 radical (unpaired) electrons. The van der Waals surface area contributed by atoms with E-state index in [0.29, 0.717) is 37.0 Å². The lowest BCUT2D eigenvalue weighted by molar-refractivity contribution is 0.0681. The van der Waals surface area contributed by atoms with Crippen molar-refractivity contribution in [2.75, 3.05) is 18.1 Å². The van der Waals surface area contributed by atoms with Crippen LogP contribution in [0.3, 0.4) is 0 Å². The van der Waals surface area contributed by atoms with Gasteiger partial charge in [-0.1, -0.05) is 52.0 Å². The first-order valence-corrected chi connectivity index (χ1v) is 12.8. The fourth-order valence-electron chi connectivity index (χ4n) is 3.72. The van der Waals surface area contributed by atoms with Crippen LogP contribution in [0.5, 0.6) is 5.75 Å². The Morgan fingerprint density at radius 2 is 1.68 bits per heavy atom. The average Bonchev–Trinajstić information content (AvgIpc) is 3.10. The lowest BCUT2D eigenvalue weighted by Crippen LogP contribution is -2.40. The van der Waals surface area contributed by atoms with E-state index in [9.17, 15) is 13.2 Å². The zero-order valence-electron chi connectivity index (χ0n) is 18.9. The highest BCUT2D eigenvalue weighted by molar-refractivity contribution is 7.91. The lowest BCUT2D eigenvalue weighted by atomic mass is 10.0. The van der Waals surface area contributed by atoms with Gasteiger partial charge >= 0.3 is 0 Å². The Morgan fingerprint density at radius 1 is 1.03 bits per heavy atom. The fourth-order valence-corrected chi connectivity index (χ4v) is 5.45. The fraction of sp³-hybridized carbons (Fsp3) is 0.480. The summed E-state index contributed by atoms with van der Waals surface area (Å²) in [6.07, 6.45) is 0.480. The van der Waals surface area contributed by atoms with Crippen LogP contribution in [0.2, 0.25) is 0 Å². The highest BCUT2D eigenvalue weighted by atomic mass is 32.2. The summed E-state index contributed by atoms with van der Waals surface area (Å²) < 4.78 is 29.9. The molecule has 6 heteroatoms. The Bertz CT molecular complexity index is 979. The molecule has 0 aliphatic carbocycles. The maximum atomic E-state index is 13.4. The monoisotopic (exact) mass is 443 g/mol. The summed E-state index contributed by atoms with van der Waals surface area (Å²) in [6, 6.07) is 15.0. The molecule has 1 saturated heterocycles. The van der Waals surface area contributed by atoms with Gasteiger partial charge in [0.1, 0.15) is 5.75 Å². The van der Waals surface area contributed by atoms with Crippen LogP contribution in [0.15, 0.2) is 48.5 Å². The minimum atomic E-state index is -3.10. The molecule has 1 amide bonds. The van der Waals surface area contributed by atoms with Gasteiger partial charge in [-0.15, -0.1) is 0 Å². The van der Waals surface area contributed by atoms with Crippen molar-refractivity contribution >= 4 is 15.7 Å². The quantitative estimate of drug-likeness (QED) is 0.595. The van der Waals surface area contributed by atoms with Crippen molar-refractivity contribution in [3.05, 3.63) is 65.2 Å². The smallest absolute Gasteiger partial charge is 0.254 e. The number of rotatable bonds is 8. The zero-order chi connectivity index (χ0) is 22.6. The van der Waals surface area contributed by atoms with Gasteiger partial charge in [-0.2, -0.15) is 0 Å². The topological polar surface area (TPSA) is 63.7 Å². The number of sulfone groups is 1. The predicted octanol–water partition coefficient (Wildman–Crippen LogP) is 4.67. The van der Waals surface area contributed by atoms with E-state index in [2.05, 4.69) is 39.8 Å². The minimum absolute atomic E-state index is 0.0262. The Hall–Kier alpha value is -2.34. The van der Waals surface area contributed by atoms with Crippen molar-refractivity contribution in [3.8, 4) is 5.75 Å². The second-order valence-electron chi connectivity index (χ2n) is 9.12. The molecule has 0 N–H and O–H groups in total. The molecular weight excluding hydrogens is 410 g/mol. The second-order valence-corrected chi connectivity index (χ2v) is 11.3. The van der Waals surface area contributed by atoms with Gasteiger partial charge in [0.2, 0.25) is 0 Å². The Balaban J connectivity index is 1.81. The van der Waals surface area contributed by atoms with Gasteiger partial charge in [-0.25, -0.2) is 8.42 Å². The van der Waals surface area contributed by atoms with Crippen molar-refractivity contribution < 1.29 is 17.9 Å². The third-order valence-corrected chi connectivity index (χ3v) is 7.34. The number of ether oxygens (including phenoxy) is 1. The third-order valence-electron chi connectivity index (χ3n) is 5.59. The van der Waals surface area contributed by atoms with Crippen LogP contribution in [0.4, 0.5) is 0 Å². The van der Waals surface area contributed by atoms with Crippen LogP contribution in [0.25, 0.3) is 0 Å². The van der Waals surface area contributed by atoms with E-state index in [1.54, 1.807) is 29.2 Å². The predicted molar refractivity (Wildman–Crippen MR) is 124 cm³/mol. The summed E-state index contributed by atoms with van der Waals surface area (Å²) in [5.41, 5.74) is 2.78. The summed E-state index contributed by atoms with van der Waals surface area (Å²) >= 11 is 0. The van der Waals surface area contributed by atoms with E-state index in [0.717, 1.165) is 11.3 Å². The van der Waals surface area contributed by atoms with Crippen LogP contribution in [0.1, 0.15) is 61.5 Å². The number of carbonyl (C=O) groups excluding carboxylic acids is 1. The Kier molecular flexibility index (Phi) is 7.42. The maximum Gasteiger partial charge on any atom is 0.254 e. The summed E-state index contributed by atoms with van der Waals surface area (Å²) in [5.74, 6) is 1.59. The first kappa shape index (κ1) is 23.3. The average molecular weight is 444 g/mol. The van der Waals surface area contributed by atoms with Gasteiger partial charge in [0, 0.05) is 18.2 Å². The molecule has 31 heavy (non-hydrogen) atoms. The third kappa shape index (κ3) is 6.33. The number of hydrogen-bond acceptors (Lipinski definition) is 4. The molecule has 1 aliphatic heterocycles. The summed E-state index contributed by atoms with van der Waals surface area (Å²) in [7, 11) is -3.10. The van der Waals surface area contributed by atoms with Gasteiger partial charge in [0.15, 0.2) is 9.84 Å². The molecule has 0 bridgehead atoms. The molecule has 1 fully saturated rings. The molecule has 0 saturated carbocycles. The molecule has 2 aromatic rings. The van der Waals surface area contributed by atoms with Crippen LogP contribution < -0.4 is 4.74 Å². The van der Waals surface area contributed by atoms with Crippen molar-refractivity contribution in [1.82, 2.24) is 4.90 Å². The Morgan fingerprint density at radius 3 is 2.19 bits per heavy atom. The molecular formula is C25H33NO4S. The SMILES string of the molecule is CC(C)COc1ccc(C(=O)N(Cc2ccc(C(C)C)cc2)[C@@H]2CCS(=O)(=O)C2)cc1. The van der Waals surface area contributed by atoms with Crippen molar-refractivity contribution in [3.63, 3.8) is 0 Å². The van der Waals surface area contributed by atoms with Crippen LogP contribution >= 0.6 is 0 Å². The molecule has 0 unspecified atom stereocenters. The molecule has 2 aromatic carbocycles.